The van der Waals surface area contributed by atoms with E-state index < -0.39 is 0 Å². The van der Waals surface area contributed by atoms with E-state index in [2.05, 4.69) is 47.2 Å². The van der Waals surface area contributed by atoms with Crippen LogP contribution in [0.5, 0.6) is 0 Å². The van der Waals surface area contributed by atoms with Crippen LogP contribution in [0.1, 0.15) is 16.7 Å². The van der Waals surface area contributed by atoms with Crippen LogP contribution in [-0.2, 0) is 16.0 Å². The molecule has 0 aliphatic rings. The molecule has 100 valence electrons. The number of nitrogens with one attached hydrogen (secondary N) is 1. The normalized spacial score (nSPS) is 12.2. The third-order valence-electron chi connectivity index (χ3n) is 2.86. The molecule has 0 aliphatic carbocycles. The van der Waals surface area contributed by atoms with E-state index in [1.54, 1.807) is 7.11 Å². The number of benzene rings is 1. The molecule has 1 amide bonds. The number of carbonyl (C=O) groups is 1. The maximum atomic E-state index is 11.9. The van der Waals surface area contributed by atoms with Crippen LogP contribution in [0.3, 0.4) is 0 Å². The number of methoxy groups -OCH3 is 1. The van der Waals surface area contributed by atoms with Crippen molar-refractivity contribution >= 4 is 21.8 Å². The molecular formula is C14H20BrNO2. The molecule has 18 heavy (non-hydrogen) atoms. The number of carbonyl (C=O) groups excluding carboxylic acids is 1. The van der Waals surface area contributed by atoms with Gasteiger partial charge in [0, 0.05) is 12.4 Å². The highest BCUT2D eigenvalue weighted by Crippen LogP contribution is 2.10. The number of hydrogen-bond donors (Lipinski definition) is 1. The summed E-state index contributed by atoms with van der Waals surface area (Å²) in [6.45, 7) is 4.64. The van der Waals surface area contributed by atoms with Crippen LogP contribution in [0.4, 0.5) is 0 Å². The first-order chi connectivity index (χ1) is 8.56. The Bertz CT molecular complexity index is 407. The summed E-state index contributed by atoms with van der Waals surface area (Å²) in [5.41, 5.74) is 3.51. The predicted molar refractivity (Wildman–Crippen MR) is 77.2 cm³/mol. The van der Waals surface area contributed by atoms with E-state index in [0.29, 0.717) is 18.4 Å². The largest absolute Gasteiger partial charge is 0.383 e. The van der Waals surface area contributed by atoms with Gasteiger partial charge in [0.1, 0.15) is 0 Å². The summed E-state index contributed by atoms with van der Waals surface area (Å²) >= 11 is 3.36. The molecule has 1 N–H and O–H groups in total. The first-order valence-electron chi connectivity index (χ1n) is 5.97. The van der Waals surface area contributed by atoms with Crippen LogP contribution >= 0.6 is 15.9 Å². The summed E-state index contributed by atoms with van der Waals surface area (Å²) < 4.78 is 5.04. The summed E-state index contributed by atoms with van der Waals surface area (Å²) in [5, 5.41) is 3.63. The highest BCUT2D eigenvalue weighted by atomic mass is 79.9. The van der Waals surface area contributed by atoms with Gasteiger partial charge < -0.3 is 10.1 Å². The number of hydrogen-bond acceptors (Lipinski definition) is 2. The molecule has 1 aromatic rings. The van der Waals surface area contributed by atoms with Crippen molar-refractivity contribution in [1.82, 2.24) is 5.32 Å². The highest BCUT2D eigenvalue weighted by Gasteiger charge is 2.11. The molecule has 3 nitrogen and oxygen atoms in total. The second-order valence-electron chi connectivity index (χ2n) is 4.47. The number of halogens is 1. The van der Waals surface area contributed by atoms with Crippen LogP contribution in [0.25, 0.3) is 0 Å². The fraction of sp³-hybridized carbons (Fsp3) is 0.500. The molecule has 1 atom stereocenters. The maximum Gasteiger partial charge on any atom is 0.224 e. The topological polar surface area (TPSA) is 38.3 Å². The van der Waals surface area contributed by atoms with Gasteiger partial charge in [-0.1, -0.05) is 34.1 Å². The van der Waals surface area contributed by atoms with Crippen molar-refractivity contribution in [2.24, 2.45) is 0 Å². The first kappa shape index (κ1) is 15.2. The Kier molecular flexibility index (Phi) is 6.36. The SMILES string of the molecule is COCC(CBr)NC(=O)Cc1ccc(C)c(C)c1. The van der Waals surface area contributed by atoms with Crippen LogP contribution in [0.2, 0.25) is 0 Å². The average Bonchev–Trinajstić information content (AvgIpc) is 2.33. The molecule has 1 rings (SSSR count). The average molecular weight is 314 g/mol. The molecular weight excluding hydrogens is 294 g/mol. The smallest absolute Gasteiger partial charge is 0.224 e. The Morgan fingerprint density at radius 2 is 2.11 bits per heavy atom. The zero-order chi connectivity index (χ0) is 13.5. The molecule has 0 spiro atoms. The van der Waals surface area contributed by atoms with Crippen molar-refractivity contribution in [3.8, 4) is 0 Å². The van der Waals surface area contributed by atoms with Crippen LogP contribution in [0.15, 0.2) is 18.2 Å². The summed E-state index contributed by atoms with van der Waals surface area (Å²) in [7, 11) is 1.63. The van der Waals surface area contributed by atoms with E-state index in [1.807, 2.05) is 6.07 Å². The number of ether oxygens (including phenoxy) is 1. The predicted octanol–water partition coefficient (Wildman–Crippen LogP) is 2.37. The van der Waals surface area contributed by atoms with Crippen molar-refractivity contribution in [2.45, 2.75) is 26.3 Å². The lowest BCUT2D eigenvalue weighted by molar-refractivity contribution is -0.121. The van der Waals surface area contributed by atoms with E-state index >= 15 is 0 Å². The molecule has 0 bridgehead atoms. The number of aryl methyl sites for hydroxylation is 2. The van der Waals surface area contributed by atoms with Gasteiger partial charge in [-0.15, -0.1) is 0 Å². The van der Waals surface area contributed by atoms with Crippen molar-refractivity contribution < 1.29 is 9.53 Å². The second kappa shape index (κ2) is 7.54. The van der Waals surface area contributed by atoms with Gasteiger partial charge in [-0.2, -0.15) is 0 Å². The van der Waals surface area contributed by atoms with Crippen molar-refractivity contribution in [1.29, 1.82) is 0 Å². The van der Waals surface area contributed by atoms with Crippen LogP contribution < -0.4 is 5.32 Å². The lowest BCUT2D eigenvalue weighted by atomic mass is 10.0. The molecule has 0 heterocycles. The van der Waals surface area contributed by atoms with E-state index in [9.17, 15) is 4.79 Å². The standard InChI is InChI=1S/C14H20BrNO2/c1-10-4-5-12(6-11(10)2)7-14(17)16-13(8-15)9-18-3/h4-6,13H,7-9H2,1-3H3,(H,16,17). The third-order valence-corrected chi connectivity index (χ3v) is 3.64. The molecule has 0 saturated carbocycles. The van der Waals surface area contributed by atoms with Gasteiger partial charge in [-0.3, -0.25) is 4.79 Å². The van der Waals surface area contributed by atoms with Crippen molar-refractivity contribution in [2.75, 3.05) is 19.0 Å². The summed E-state index contributed by atoms with van der Waals surface area (Å²) in [4.78, 5) is 11.9. The molecule has 0 aromatic heterocycles. The lowest BCUT2D eigenvalue weighted by Crippen LogP contribution is -2.40. The zero-order valence-electron chi connectivity index (χ0n) is 11.1. The fourth-order valence-corrected chi connectivity index (χ4v) is 2.05. The summed E-state index contributed by atoms with van der Waals surface area (Å²) in [6, 6.07) is 6.14. The molecule has 0 radical (unpaired) electrons. The van der Waals surface area contributed by atoms with Gasteiger partial charge in [-0.05, 0) is 30.5 Å². The second-order valence-corrected chi connectivity index (χ2v) is 5.12. The number of amides is 1. The lowest BCUT2D eigenvalue weighted by Gasteiger charge is -2.15. The highest BCUT2D eigenvalue weighted by molar-refractivity contribution is 9.09. The van der Waals surface area contributed by atoms with Gasteiger partial charge >= 0.3 is 0 Å². The Balaban J connectivity index is 2.55. The van der Waals surface area contributed by atoms with Gasteiger partial charge in [-0.25, -0.2) is 0 Å². The Labute approximate surface area is 117 Å². The first-order valence-corrected chi connectivity index (χ1v) is 7.09. The monoisotopic (exact) mass is 313 g/mol. The van der Waals surface area contributed by atoms with Gasteiger partial charge in [0.05, 0.1) is 19.1 Å². The molecule has 4 heteroatoms. The van der Waals surface area contributed by atoms with Gasteiger partial charge in [0.2, 0.25) is 5.91 Å². The molecule has 1 aromatic carbocycles. The van der Waals surface area contributed by atoms with Crippen molar-refractivity contribution in [3.63, 3.8) is 0 Å². The van der Waals surface area contributed by atoms with E-state index in [-0.39, 0.29) is 11.9 Å². The van der Waals surface area contributed by atoms with E-state index in [4.69, 9.17) is 4.74 Å². The molecule has 0 aliphatic heterocycles. The Hall–Kier alpha value is -0.870. The molecule has 0 saturated heterocycles. The minimum absolute atomic E-state index is 0.0223. The number of rotatable bonds is 6. The molecule has 0 fully saturated rings. The minimum Gasteiger partial charge on any atom is -0.383 e. The fourth-order valence-electron chi connectivity index (χ4n) is 1.70. The minimum atomic E-state index is 0.0223. The summed E-state index contributed by atoms with van der Waals surface area (Å²) in [5.74, 6) is 0.0275. The zero-order valence-corrected chi connectivity index (χ0v) is 12.7. The third kappa shape index (κ3) is 4.78. The Morgan fingerprint density at radius 1 is 1.39 bits per heavy atom. The molecule has 1 unspecified atom stereocenters. The van der Waals surface area contributed by atoms with Gasteiger partial charge in [0.15, 0.2) is 0 Å². The van der Waals surface area contributed by atoms with Crippen molar-refractivity contribution in [3.05, 3.63) is 34.9 Å². The van der Waals surface area contributed by atoms with Gasteiger partial charge in [0.25, 0.3) is 0 Å². The van der Waals surface area contributed by atoms with E-state index in [0.717, 1.165) is 5.56 Å². The quantitative estimate of drug-likeness (QED) is 0.819. The van der Waals surface area contributed by atoms with E-state index in [1.165, 1.54) is 11.1 Å². The Morgan fingerprint density at radius 3 is 2.67 bits per heavy atom. The summed E-state index contributed by atoms with van der Waals surface area (Å²) in [6.07, 6.45) is 0.411. The number of alkyl halides is 1. The maximum absolute atomic E-state index is 11.9. The van der Waals surface area contributed by atoms with Crippen LogP contribution in [-0.4, -0.2) is 31.0 Å². The van der Waals surface area contributed by atoms with Crippen LogP contribution in [0, 0.1) is 13.8 Å².